The highest BCUT2D eigenvalue weighted by molar-refractivity contribution is 14.1. The number of hydrogen-bond donors (Lipinski definition) is 0. The molecule has 1 saturated carbocycles. The second-order valence-electron chi connectivity index (χ2n) is 4.39. The smallest absolute Gasteiger partial charge is 0.326 e. The van der Waals surface area contributed by atoms with Crippen LogP contribution in [0.2, 0.25) is 0 Å². The summed E-state index contributed by atoms with van der Waals surface area (Å²) < 4.78 is 14.3. The van der Waals surface area contributed by atoms with E-state index >= 15 is 0 Å². The van der Waals surface area contributed by atoms with Crippen molar-refractivity contribution in [2.24, 2.45) is 0 Å². The highest BCUT2D eigenvalue weighted by Crippen LogP contribution is 2.35. The number of nitrogens with zero attached hydrogens (tertiary/aromatic N) is 2. The van der Waals surface area contributed by atoms with Gasteiger partial charge < -0.3 is 4.55 Å². The predicted octanol–water partition coefficient (Wildman–Crippen LogP) is 2.07. The van der Waals surface area contributed by atoms with Gasteiger partial charge in [-0.25, -0.2) is 4.57 Å². The molecule has 0 spiro atoms. The molecule has 1 aliphatic carbocycles. The Morgan fingerprint density at radius 2 is 2.22 bits per heavy atom. The van der Waals surface area contributed by atoms with E-state index in [0.717, 1.165) is 16.4 Å². The number of halogens is 1. The van der Waals surface area contributed by atoms with Crippen molar-refractivity contribution < 1.29 is 4.55 Å². The molecule has 1 atom stereocenters. The number of aromatic nitrogens is 2. The molecule has 0 N–H and O–H groups in total. The van der Waals surface area contributed by atoms with E-state index in [0.29, 0.717) is 16.1 Å². The summed E-state index contributed by atoms with van der Waals surface area (Å²) in [7, 11) is 0. The fourth-order valence-electron chi connectivity index (χ4n) is 2.03. The average Bonchev–Trinajstić information content (AvgIpc) is 3.14. The van der Waals surface area contributed by atoms with Gasteiger partial charge in [-0.15, -0.1) is 0 Å². The molecule has 3 rings (SSSR count). The summed E-state index contributed by atoms with van der Waals surface area (Å²) >= 11 is 0.903. The molecule has 1 fully saturated rings. The van der Waals surface area contributed by atoms with Crippen molar-refractivity contribution in [3.05, 3.63) is 32.1 Å². The summed E-state index contributed by atoms with van der Waals surface area (Å²) in [6, 6.07) is 5.73. The van der Waals surface area contributed by atoms with Crippen LogP contribution >= 0.6 is 22.6 Å². The van der Waals surface area contributed by atoms with E-state index in [1.54, 1.807) is 16.9 Å². The SMILES string of the molecule is C[S+]([O-])c1nc2c(I)cccc2c(=O)n1C1CC1. The van der Waals surface area contributed by atoms with E-state index in [-0.39, 0.29) is 11.6 Å². The third kappa shape index (κ3) is 1.96. The Balaban J connectivity index is 2.41. The zero-order valence-electron chi connectivity index (χ0n) is 9.72. The van der Waals surface area contributed by atoms with Crippen LogP contribution in [-0.4, -0.2) is 20.4 Å². The highest BCUT2D eigenvalue weighted by Gasteiger charge is 2.32. The quantitative estimate of drug-likeness (QED) is 0.460. The lowest BCUT2D eigenvalue weighted by molar-refractivity contribution is 0.554. The van der Waals surface area contributed by atoms with Gasteiger partial charge >= 0.3 is 5.16 Å². The minimum atomic E-state index is -1.25. The first-order valence-electron chi connectivity index (χ1n) is 5.64. The molecule has 0 amide bonds. The Hall–Kier alpha value is -0.600. The summed E-state index contributed by atoms with van der Waals surface area (Å²) in [4.78, 5) is 16.9. The van der Waals surface area contributed by atoms with Crippen LogP contribution in [0.15, 0.2) is 28.2 Å². The molecule has 0 saturated heterocycles. The van der Waals surface area contributed by atoms with Crippen molar-refractivity contribution in [2.75, 3.05) is 6.26 Å². The molecule has 0 bridgehead atoms. The maximum Gasteiger partial charge on any atom is 0.326 e. The van der Waals surface area contributed by atoms with Gasteiger partial charge in [-0.3, -0.25) is 4.79 Å². The Bertz CT molecular complexity index is 680. The van der Waals surface area contributed by atoms with Crippen molar-refractivity contribution in [2.45, 2.75) is 24.0 Å². The van der Waals surface area contributed by atoms with Crippen LogP contribution < -0.4 is 5.56 Å². The van der Waals surface area contributed by atoms with Gasteiger partial charge in [-0.1, -0.05) is 6.07 Å². The Morgan fingerprint density at radius 1 is 1.50 bits per heavy atom. The van der Waals surface area contributed by atoms with Gasteiger partial charge in [0.25, 0.3) is 5.56 Å². The summed E-state index contributed by atoms with van der Waals surface area (Å²) in [5.74, 6) is 0. The first-order chi connectivity index (χ1) is 8.59. The normalized spacial score (nSPS) is 17.1. The summed E-state index contributed by atoms with van der Waals surface area (Å²) in [6.07, 6.45) is 3.52. The molecule has 1 heterocycles. The second-order valence-corrected chi connectivity index (χ2v) is 6.83. The van der Waals surface area contributed by atoms with Crippen LogP contribution in [0, 0.1) is 3.57 Å². The average molecular weight is 374 g/mol. The van der Waals surface area contributed by atoms with Crippen LogP contribution in [0.5, 0.6) is 0 Å². The van der Waals surface area contributed by atoms with Crippen LogP contribution in [0.1, 0.15) is 18.9 Å². The third-order valence-corrected chi connectivity index (χ3v) is 4.69. The topological polar surface area (TPSA) is 58.0 Å². The Kier molecular flexibility index (Phi) is 3.11. The largest absolute Gasteiger partial charge is 0.609 e. The van der Waals surface area contributed by atoms with Gasteiger partial charge in [0, 0.05) is 20.8 Å². The minimum Gasteiger partial charge on any atom is -0.609 e. The first-order valence-corrected chi connectivity index (χ1v) is 8.27. The molecule has 4 nitrogen and oxygen atoms in total. The van der Waals surface area contributed by atoms with Crippen molar-refractivity contribution in [3.63, 3.8) is 0 Å². The van der Waals surface area contributed by atoms with E-state index in [1.165, 1.54) is 0 Å². The molecule has 2 aromatic rings. The number of rotatable bonds is 2. The van der Waals surface area contributed by atoms with Crippen molar-refractivity contribution in [1.82, 2.24) is 9.55 Å². The number of para-hydroxylation sites is 1. The molecule has 6 heteroatoms. The lowest BCUT2D eigenvalue weighted by Gasteiger charge is -2.12. The van der Waals surface area contributed by atoms with E-state index < -0.39 is 11.2 Å². The van der Waals surface area contributed by atoms with Gasteiger partial charge in [0.15, 0.2) is 0 Å². The fraction of sp³-hybridized carbons (Fsp3) is 0.333. The van der Waals surface area contributed by atoms with Crippen LogP contribution in [-0.2, 0) is 11.2 Å². The lowest BCUT2D eigenvalue weighted by atomic mass is 10.2. The second kappa shape index (κ2) is 4.50. The maximum atomic E-state index is 12.5. The van der Waals surface area contributed by atoms with E-state index in [4.69, 9.17) is 0 Å². The van der Waals surface area contributed by atoms with Gasteiger partial charge in [-0.2, -0.15) is 4.98 Å². The zero-order valence-corrected chi connectivity index (χ0v) is 12.7. The standard InChI is InChI=1S/C12H11IN2O2S/c1-18(17)12-14-10-8(3-2-4-9(10)13)11(16)15(12)7-5-6-7/h2-4,7H,5-6H2,1H3. The molecule has 1 aromatic carbocycles. The zero-order chi connectivity index (χ0) is 12.9. The van der Waals surface area contributed by atoms with Gasteiger partial charge in [-0.05, 0) is 47.6 Å². The molecule has 1 aromatic heterocycles. The summed E-state index contributed by atoms with van der Waals surface area (Å²) in [6.45, 7) is 0. The minimum absolute atomic E-state index is 0.0637. The fourth-order valence-corrected chi connectivity index (χ4v) is 3.37. The van der Waals surface area contributed by atoms with Crippen LogP contribution in [0.3, 0.4) is 0 Å². The molecule has 94 valence electrons. The summed E-state index contributed by atoms with van der Waals surface area (Å²) in [5, 5.41) is 1.02. The summed E-state index contributed by atoms with van der Waals surface area (Å²) in [5.41, 5.74) is 0.594. The van der Waals surface area contributed by atoms with Crippen molar-refractivity contribution in [1.29, 1.82) is 0 Å². The van der Waals surface area contributed by atoms with Gasteiger partial charge in [0.1, 0.15) is 6.26 Å². The number of hydrogen-bond acceptors (Lipinski definition) is 3. The molecular weight excluding hydrogens is 363 g/mol. The van der Waals surface area contributed by atoms with E-state index in [2.05, 4.69) is 27.6 Å². The monoisotopic (exact) mass is 374 g/mol. The Labute approximate surface area is 121 Å². The predicted molar refractivity (Wildman–Crippen MR) is 79.3 cm³/mol. The molecule has 1 unspecified atom stereocenters. The molecule has 1 aliphatic rings. The van der Waals surface area contributed by atoms with E-state index in [1.807, 2.05) is 12.1 Å². The maximum absolute atomic E-state index is 12.5. The van der Waals surface area contributed by atoms with Gasteiger partial charge in [0.2, 0.25) is 0 Å². The van der Waals surface area contributed by atoms with Crippen LogP contribution in [0.25, 0.3) is 10.9 Å². The molecule has 0 aliphatic heterocycles. The van der Waals surface area contributed by atoms with Crippen LogP contribution in [0.4, 0.5) is 0 Å². The number of fused-ring (bicyclic) bond motifs is 1. The van der Waals surface area contributed by atoms with Gasteiger partial charge in [0.05, 0.1) is 10.9 Å². The Morgan fingerprint density at radius 3 is 2.83 bits per heavy atom. The lowest BCUT2D eigenvalue weighted by Crippen LogP contribution is -2.26. The molecular formula is C12H11IN2O2S. The molecule has 18 heavy (non-hydrogen) atoms. The van der Waals surface area contributed by atoms with Crippen molar-refractivity contribution in [3.8, 4) is 0 Å². The highest BCUT2D eigenvalue weighted by atomic mass is 127. The van der Waals surface area contributed by atoms with E-state index in [9.17, 15) is 9.35 Å². The first kappa shape index (κ1) is 12.4. The third-order valence-electron chi connectivity index (χ3n) is 3.02. The molecule has 0 radical (unpaired) electrons. The van der Waals surface area contributed by atoms with Crippen molar-refractivity contribution >= 4 is 44.7 Å². The number of benzene rings is 1.